The van der Waals surface area contributed by atoms with E-state index in [4.69, 9.17) is 0 Å². The predicted octanol–water partition coefficient (Wildman–Crippen LogP) is 1.60. The first-order valence-electron chi connectivity index (χ1n) is 7.43. The molecule has 0 fully saturated rings. The number of amides is 1. The summed E-state index contributed by atoms with van der Waals surface area (Å²) in [5.41, 5.74) is 1.04. The second kappa shape index (κ2) is 9.53. The van der Waals surface area contributed by atoms with Crippen LogP contribution < -0.4 is 5.32 Å². The Kier molecular flexibility index (Phi) is 8.05. The number of carbonyl (C=O) groups is 2. The van der Waals surface area contributed by atoms with Crippen LogP contribution in [0.1, 0.15) is 37.4 Å². The lowest BCUT2D eigenvalue weighted by Crippen LogP contribution is -2.35. The van der Waals surface area contributed by atoms with Crippen molar-refractivity contribution in [1.82, 2.24) is 15.2 Å². The molecule has 1 N–H and O–H groups in total. The highest BCUT2D eigenvalue weighted by Crippen LogP contribution is 2.13. The van der Waals surface area contributed by atoms with Crippen molar-refractivity contribution in [3.63, 3.8) is 0 Å². The number of rotatable bonds is 9. The average molecular weight is 327 g/mol. The molecule has 0 aliphatic rings. The van der Waals surface area contributed by atoms with Gasteiger partial charge in [-0.05, 0) is 20.4 Å². The largest absolute Gasteiger partial charge is 0.469 e. The summed E-state index contributed by atoms with van der Waals surface area (Å²) in [6, 6.07) is 0.102. The van der Waals surface area contributed by atoms with Crippen LogP contribution in [0.5, 0.6) is 0 Å². The molecular formula is C15H25N3O3S. The van der Waals surface area contributed by atoms with Gasteiger partial charge in [0.05, 0.1) is 24.2 Å². The molecule has 1 heterocycles. The molecule has 0 aliphatic carbocycles. The smallest absolute Gasteiger partial charge is 0.307 e. The van der Waals surface area contributed by atoms with E-state index in [2.05, 4.69) is 32.2 Å². The Labute approximate surface area is 135 Å². The fourth-order valence-electron chi connectivity index (χ4n) is 1.90. The van der Waals surface area contributed by atoms with Crippen molar-refractivity contribution >= 4 is 23.2 Å². The molecule has 1 amide bonds. The van der Waals surface area contributed by atoms with Gasteiger partial charge in [-0.15, -0.1) is 11.3 Å². The van der Waals surface area contributed by atoms with E-state index < -0.39 is 0 Å². The number of ether oxygens (including phenoxy) is 1. The summed E-state index contributed by atoms with van der Waals surface area (Å²) < 4.78 is 4.52. The van der Waals surface area contributed by atoms with Crippen LogP contribution in [0.25, 0.3) is 0 Å². The first kappa shape index (κ1) is 18.6. The summed E-state index contributed by atoms with van der Waals surface area (Å²) in [4.78, 5) is 29.4. The normalized spacial score (nSPS) is 12.2. The lowest BCUT2D eigenvalue weighted by atomic mass is 10.2. The highest BCUT2D eigenvalue weighted by atomic mass is 32.1. The van der Waals surface area contributed by atoms with Gasteiger partial charge in [0.1, 0.15) is 0 Å². The van der Waals surface area contributed by atoms with Gasteiger partial charge < -0.3 is 10.1 Å². The molecule has 1 aromatic heterocycles. The molecule has 0 bridgehead atoms. The molecule has 0 saturated carbocycles. The molecule has 0 aliphatic heterocycles. The topological polar surface area (TPSA) is 71.5 Å². The maximum absolute atomic E-state index is 11.8. The van der Waals surface area contributed by atoms with Crippen molar-refractivity contribution in [1.29, 1.82) is 0 Å². The van der Waals surface area contributed by atoms with E-state index in [9.17, 15) is 9.59 Å². The molecule has 124 valence electrons. The Bertz CT molecular complexity index is 490. The molecule has 0 aromatic carbocycles. The number of hydrogen-bond acceptors (Lipinski definition) is 6. The van der Waals surface area contributed by atoms with Gasteiger partial charge in [-0.25, -0.2) is 4.98 Å². The third-order valence-corrected chi connectivity index (χ3v) is 4.47. The summed E-state index contributed by atoms with van der Waals surface area (Å²) in [5, 5.41) is 5.93. The van der Waals surface area contributed by atoms with Gasteiger partial charge in [-0.1, -0.05) is 6.92 Å². The minimum atomic E-state index is -0.319. The third-order valence-electron chi connectivity index (χ3n) is 3.43. The minimum Gasteiger partial charge on any atom is -0.469 e. The zero-order valence-corrected chi connectivity index (χ0v) is 14.5. The number of hydrogen-bond donors (Lipinski definition) is 1. The van der Waals surface area contributed by atoms with Crippen LogP contribution in [0, 0.1) is 0 Å². The van der Waals surface area contributed by atoms with Crippen LogP contribution in [0.15, 0.2) is 5.38 Å². The van der Waals surface area contributed by atoms with Crippen molar-refractivity contribution in [3.8, 4) is 0 Å². The number of aromatic nitrogens is 1. The fraction of sp³-hybridized carbons (Fsp3) is 0.667. The lowest BCUT2D eigenvalue weighted by molar-refractivity contribution is -0.140. The second-order valence-electron chi connectivity index (χ2n) is 5.23. The van der Waals surface area contributed by atoms with E-state index in [1.165, 1.54) is 7.11 Å². The first-order valence-corrected chi connectivity index (χ1v) is 8.31. The molecule has 0 unspecified atom stereocenters. The van der Waals surface area contributed by atoms with Gasteiger partial charge in [0.25, 0.3) is 0 Å². The summed E-state index contributed by atoms with van der Waals surface area (Å²) in [7, 11) is 3.32. The standard InChI is InChI=1S/C15H25N3O3S/c1-5-14-17-12(10-22-14)9-18(3)11(2)8-13(19)16-7-6-15(20)21-4/h10-11H,5-9H2,1-4H3,(H,16,19)/t11-/m0/s1. The quantitative estimate of drug-likeness (QED) is 0.698. The Morgan fingerprint density at radius 2 is 2.23 bits per heavy atom. The summed E-state index contributed by atoms with van der Waals surface area (Å²) in [6.45, 7) is 5.14. The van der Waals surface area contributed by atoms with Crippen molar-refractivity contribution < 1.29 is 14.3 Å². The van der Waals surface area contributed by atoms with Gasteiger partial charge in [-0.3, -0.25) is 14.5 Å². The van der Waals surface area contributed by atoms with Crippen LogP contribution >= 0.6 is 11.3 Å². The molecule has 1 atom stereocenters. The minimum absolute atomic E-state index is 0.0595. The number of nitrogens with zero attached hydrogens (tertiary/aromatic N) is 2. The highest BCUT2D eigenvalue weighted by molar-refractivity contribution is 7.09. The van der Waals surface area contributed by atoms with Crippen molar-refractivity contribution in [3.05, 3.63) is 16.1 Å². The fourth-order valence-corrected chi connectivity index (χ4v) is 2.63. The molecule has 1 rings (SSSR count). The Balaban J connectivity index is 2.32. The predicted molar refractivity (Wildman–Crippen MR) is 86.7 cm³/mol. The monoisotopic (exact) mass is 327 g/mol. The van der Waals surface area contributed by atoms with E-state index >= 15 is 0 Å². The Morgan fingerprint density at radius 1 is 1.50 bits per heavy atom. The molecule has 1 aromatic rings. The van der Waals surface area contributed by atoms with Crippen molar-refractivity contribution in [2.24, 2.45) is 0 Å². The van der Waals surface area contributed by atoms with Crippen LogP contribution in [-0.4, -0.2) is 48.5 Å². The number of aryl methyl sites for hydroxylation is 1. The van der Waals surface area contributed by atoms with E-state index in [1.807, 2.05) is 14.0 Å². The van der Waals surface area contributed by atoms with Gasteiger partial charge in [-0.2, -0.15) is 0 Å². The summed E-state index contributed by atoms with van der Waals surface area (Å²) in [6.07, 6.45) is 1.54. The average Bonchev–Trinajstić information content (AvgIpc) is 2.94. The number of carbonyl (C=O) groups excluding carboxylic acids is 2. The molecule has 22 heavy (non-hydrogen) atoms. The SMILES string of the molecule is CCc1nc(CN(C)[C@@H](C)CC(=O)NCCC(=O)OC)cs1. The zero-order chi connectivity index (χ0) is 16.5. The maximum Gasteiger partial charge on any atom is 0.307 e. The second-order valence-corrected chi connectivity index (χ2v) is 6.17. The molecule has 0 saturated heterocycles. The number of methoxy groups -OCH3 is 1. The molecule has 0 spiro atoms. The molecule has 0 radical (unpaired) electrons. The van der Waals surface area contributed by atoms with E-state index in [0.717, 1.165) is 23.7 Å². The molecule has 6 nitrogen and oxygen atoms in total. The first-order chi connectivity index (χ1) is 10.5. The van der Waals surface area contributed by atoms with Crippen LogP contribution in [-0.2, 0) is 27.3 Å². The highest BCUT2D eigenvalue weighted by Gasteiger charge is 2.15. The third kappa shape index (κ3) is 6.53. The van der Waals surface area contributed by atoms with Crippen LogP contribution in [0.3, 0.4) is 0 Å². The number of nitrogens with one attached hydrogen (secondary N) is 1. The van der Waals surface area contributed by atoms with Crippen molar-refractivity contribution in [2.45, 2.75) is 45.7 Å². The lowest BCUT2D eigenvalue weighted by Gasteiger charge is -2.23. The van der Waals surface area contributed by atoms with Crippen molar-refractivity contribution in [2.75, 3.05) is 20.7 Å². The number of thiazole rings is 1. The Morgan fingerprint density at radius 3 is 2.82 bits per heavy atom. The van der Waals surface area contributed by atoms with Crippen LogP contribution in [0.2, 0.25) is 0 Å². The zero-order valence-electron chi connectivity index (χ0n) is 13.7. The van der Waals surface area contributed by atoms with Crippen LogP contribution in [0.4, 0.5) is 0 Å². The van der Waals surface area contributed by atoms with Gasteiger partial charge in [0.15, 0.2) is 0 Å². The Hall–Kier alpha value is -1.47. The number of esters is 1. The molecular weight excluding hydrogens is 302 g/mol. The maximum atomic E-state index is 11.8. The van der Waals surface area contributed by atoms with E-state index in [-0.39, 0.29) is 24.3 Å². The van der Waals surface area contributed by atoms with Gasteiger partial charge >= 0.3 is 5.97 Å². The van der Waals surface area contributed by atoms with E-state index in [1.54, 1.807) is 11.3 Å². The summed E-state index contributed by atoms with van der Waals surface area (Å²) >= 11 is 1.67. The van der Waals surface area contributed by atoms with E-state index in [0.29, 0.717) is 13.0 Å². The van der Waals surface area contributed by atoms with Gasteiger partial charge in [0, 0.05) is 30.9 Å². The van der Waals surface area contributed by atoms with Gasteiger partial charge in [0.2, 0.25) is 5.91 Å². The molecule has 7 heteroatoms. The summed E-state index contributed by atoms with van der Waals surface area (Å²) in [5.74, 6) is -0.378.